The number of nitrogens with one attached hydrogen (secondary N) is 1. The second-order valence-electron chi connectivity index (χ2n) is 6.83. The molecule has 0 aromatic carbocycles. The molecule has 1 aromatic heterocycles. The fourth-order valence-corrected chi connectivity index (χ4v) is 3.28. The van der Waals surface area contributed by atoms with Crippen molar-refractivity contribution < 1.29 is 9.53 Å². The molecule has 0 bridgehead atoms. The summed E-state index contributed by atoms with van der Waals surface area (Å²) in [7, 11) is 0. The van der Waals surface area contributed by atoms with Crippen molar-refractivity contribution >= 4 is 5.91 Å². The van der Waals surface area contributed by atoms with E-state index in [9.17, 15) is 4.79 Å². The molecule has 22 heavy (non-hydrogen) atoms. The van der Waals surface area contributed by atoms with Crippen LogP contribution in [-0.4, -0.2) is 34.7 Å². The van der Waals surface area contributed by atoms with Gasteiger partial charge in [0.1, 0.15) is 6.61 Å². The Morgan fingerprint density at radius 1 is 1.45 bits per heavy atom. The first-order valence-corrected chi connectivity index (χ1v) is 8.40. The van der Waals surface area contributed by atoms with E-state index in [1.165, 1.54) is 12.8 Å². The summed E-state index contributed by atoms with van der Waals surface area (Å²) in [6.07, 6.45) is 9.17. The van der Waals surface area contributed by atoms with E-state index in [0.717, 1.165) is 13.0 Å². The largest absolute Gasteiger partial charge is 0.368 e. The SMILES string of the molecule is CC(C)[C@@H]1CC[C@@H](C)C[C@@H]1OCC(=O)NCCn1ccnc1. The highest BCUT2D eigenvalue weighted by molar-refractivity contribution is 5.77. The van der Waals surface area contributed by atoms with Gasteiger partial charge in [-0.15, -0.1) is 0 Å². The van der Waals surface area contributed by atoms with Gasteiger partial charge >= 0.3 is 0 Å². The normalized spacial score (nSPS) is 25.4. The number of hydrogen-bond acceptors (Lipinski definition) is 3. The van der Waals surface area contributed by atoms with E-state index >= 15 is 0 Å². The highest BCUT2D eigenvalue weighted by Gasteiger charge is 2.31. The zero-order valence-corrected chi connectivity index (χ0v) is 14.0. The summed E-state index contributed by atoms with van der Waals surface area (Å²) >= 11 is 0. The molecule has 5 nitrogen and oxygen atoms in total. The van der Waals surface area contributed by atoms with Gasteiger partial charge in [0, 0.05) is 25.5 Å². The maximum Gasteiger partial charge on any atom is 0.246 e. The van der Waals surface area contributed by atoms with Crippen LogP contribution in [0.15, 0.2) is 18.7 Å². The highest BCUT2D eigenvalue weighted by Crippen LogP contribution is 2.35. The summed E-state index contributed by atoms with van der Waals surface area (Å²) in [5.41, 5.74) is 0. The standard InChI is InChI=1S/C17H29N3O2/c1-13(2)15-5-4-14(3)10-16(15)22-11-17(21)19-7-9-20-8-6-18-12-20/h6,8,12-16H,4-5,7,9-11H2,1-3H3,(H,19,21)/t14-,15+,16+/m1/s1. The maximum atomic E-state index is 11.9. The van der Waals surface area contributed by atoms with Crippen LogP contribution < -0.4 is 5.32 Å². The number of imidazole rings is 1. The minimum Gasteiger partial charge on any atom is -0.368 e. The lowest BCUT2D eigenvalue weighted by atomic mass is 9.75. The summed E-state index contributed by atoms with van der Waals surface area (Å²) in [6.45, 7) is 8.29. The molecule has 1 saturated carbocycles. The molecule has 1 aliphatic rings. The zero-order valence-electron chi connectivity index (χ0n) is 14.0. The van der Waals surface area contributed by atoms with Crippen molar-refractivity contribution in [2.45, 2.75) is 52.7 Å². The maximum absolute atomic E-state index is 11.9. The van der Waals surface area contributed by atoms with Gasteiger partial charge in [-0.1, -0.05) is 27.2 Å². The Morgan fingerprint density at radius 3 is 2.95 bits per heavy atom. The Balaban J connectivity index is 1.69. The smallest absolute Gasteiger partial charge is 0.246 e. The molecule has 2 rings (SSSR count). The molecule has 1 heterocycles. The van der Waals surface area contributed by atoms with Gasteiger partial charge in [-0.3, -0.25) is 4.79 Å². The van der Waals surface area contributed by atoms with E-state index in [4.69, 9.17) is 4.74 Å². The van der Waals surface area contributed by atoms with Crippen LogP contribution in [0.4, 0.5) is 0 Å². The summed E-state index contributed by atoms with van der Waals surface area (Å²) in [5.74, 6) is 1.86. The number of carbonyl (C=O) groups is 1. The lowest BCUT2D eigenvalue weighted by molar-refractivity contribution is -0.131. The third-order valence-corrected chi connectivity index (χ3v) is 4.64. The molecule has 1 aromatic rings. The molecular formula is C17H29N3O2. The van der Waals surface area contributed by atoms with E-state index in [1.54, 1.807) is 12.5 Å². The molecule has 0 spiro atoms. The molecule has 0 aliphatic heterocycles. The molecule has 0 saturated heterocycles. The molecule has 0 unspecified atom stereocenters. The fourth-order valence-electron chi connectivity index (χ4n) is 3.28. The van der Waals surface area contributed by atoms with Gasteiger partial charge in [-0.25, -0.2) is 4.98 Å². The number of ether oxygens (including phenoxy) is 1. The second-order valence-corrected chi connectivity index (χ2v) is 6.83. The first-order chi connectivity index (χ1) is 10.6. The monoisotopic (exact) mass is 307 g/mol. The molecule has 0 radical (unpaired) electrons. The van der Waals surface area contributed by atoms with Crippen molar-refractivity contribution in [2.75, 3.05) is 13.2 Å². The van der Waals surface area contributed by atoms with Gasteiger partial charge in [0.15, 0.2) is 0 Å². The van der Waals surface area contributed by atoms with Gasteiger partial charge in [-0.2, -0.15) is 0 Å². The van der Waals surface area contributed by atoms with Gasteiger partial charge in [0.05, 0.1) is 12.4 Å². The number of hydrogen-bond donors (Lipinski definition) is 1. The Labute approximate surface area is 133 Å². The first kappa shape index (κ1) is 17.0. The van der Waals surface area contributed by atoms with Crippen LogP contribution in [0.25, 0.3) is 0 Å². The second kappa shape index (κ2) is 8.32. The molecular weight excluding hydrogens is 278 g/mol. The van der Waals surface area contributed by atoms with Crippen LogP contribution >= 0.6 is 0 Å². The van der Waals surface area contributed by atoms with Gasteiger partial charge in [-0.05, 0) is 30.6 Å². The average molecular weight is 307 g/mol. The van der Waals surface area contributed by atoms with Crippen LogP contribution in [0.3, 0.4) is 0 Å². The summed E-state index contributed by atoms with van der Waals surface area (Å²) in [4.78, 5) is 15.9. The Hall–Kier alpha value is -1.36. The van der Waals surface area contributed by atoms with Crippen molar-refractivity contribution in [3.63, 3.8) is 0 Å². The molecule has 1 fully saturated rings. The molecule has 1 aliphatic carbocycles. The molecule has 3 atom stereocenters. The highest BCUT2D eigenvalue weighted by atomic mass is 16.5. The van der Waals surface area contributed by atoms with Crippen LogP contribution in [0, 0.1) is 17.8 Å². The predicted molar refractivity (Wildman–Crippen MR) is 86.3 cm³/mol. The van der Waals surface area contributed by atoms with E-state index in [2.05, 4.69) is 31.1 Å². The topological polar surface area (TPSA) is 56.1 Å². The third-order valence-electron chi connectivity index (χ3n) is 4.64. The van der Waals surface area contributed by atoms with Crippen molar-refractivity contribution in [1.29, 1.82) is 0 Å². The van der Waals surface area contributed by atoms with E-state index in [-0.39, 0.29) is 18.6 Å². The quantitative estimate of drug-likeness (QED) is 0.842. The fraction of sp³-hybridized carbons (Fsp3) is 0.765. The predicted octanol–water partition coefficient (Wildman–Crippen LogP) is 2.48. The number of nitrogens with zero attached hydrogens (tertiary/aromatic N) is 2. The van der Waals surface area contributed by atoms with E-state index in [0.29, 0.717) is 24.3 Å². The van der Waals surface area contributed by atoms with Crippen LogP contribution in [0.2, 0.25) is 0 Å². The average Bonchev–Trinajstić information content (AvgIpc) is 2.98. The summed E-state index contributed by atoms with van der Waals surface area (Å²) < 4.78 is 7.89. The van der Waals surface area contributed by atoms with Crippen molar-refractivity contribution in [2.24, 2.45) is 17.8 Å². The molecule has 1 amide bonds. The van der Waals surface area contributed by atoms with Crippen molar-refractivity contribution in [3.8, 4) is 0 Å². The first-order valence-electron chi connectivity index (χ1n) is 8.40. The van der Waals surface area contributed by atoms with Gasteiger partial charge < -0.3 is 14.6 Å². The summed E-state index contributed by atoms with van der Waals surface area (Å²) in [5, 5.41) is 2.90. The van der Waals surface area contributed by atoms with Crippen molar-refractivity contribution in [3.05, 3.63) is 18.7 Å². The Bertz CT molecular complexity index is 445. The molecule has 124 valence electrons. The number of amides is 1. The number of rotatable bonds is 7. The van der Waals surface area contributed by atoms with Crippen LogP contribution in [-0.2, 0) is 16.1 Å². The van der Waals surface area contributed by atoms with Crippen molar-refractivity contribution in [1.82, 2.24) is 14.9 Å². The van der Waals surface area contributed by atoms with Gasteiger partial charge in [0.2, 0.25) is 5.91 Å². The minimum absolute atomic E-state index is 0.0270. The molecule has 1 N–H and O–H groups in total. The third kappa shape index (κ3) is 5.13. The van der Waals surface area contributed by atoms with Crippen LogP contribution in [0.1, 0.15) is 40.0 Å². The molecule has 5 heteroatoms. The van der Waals surface area contributed by atoms with Crippen LogP contribution in [0.5, 0.6) is 0 Å². The zero-order chi connectivity index (χ0) is 15.9. The Morgan fingerprint density at radius 2 is 2.27 bits per heavy atom. The number of aromatic nitrogens is 2. The lowest BCUT2D eigenvalue weighted by Crippen LogP contribution is -2.38. The van der Waals surface area contributed by atoms with Gasteiger partial charge in [0.25, 0.3) is 0 Å². The lowest BCUT2D eigenvalue weighted by Gasteiger charge is -2.37. The van der Waals surface area contributed by atoms with E-state index in [1.807, 2.05) is 10.8 Å². The Kier molecular flexibility index (Phi) is 6.43. The van der Waals surface area contributed by atoms with E-state index < -0.39 is 0 Å². The minimum atomic E-state index is -0.0270. The number of carbonyl (C=O) groups excluding carboxylic acids is 1. The summed E-state index contributed by atoms with van der Waals surface area (Å²) in [6, 6.07) is 0.